The Kier molecular flexibility index (Phi) is 11.3. The van der Waals surface area contributed by atoms with Crippen molar-refractivity contribution >= 4 is 35.8 Å². The first-order valence-corrected chi connectivity index (χ1v) is 12.1. The first-order valence-electron chi connectivity index (χ1n) is 12.1. The van der Waals surface area contributed by atoms with Gasteiger partial charge in [-0.25, -0.2) is 4.99 Å². The van der Waals surface area contributed by atoms with Crippen molar-refractivity contribution in [2.75, 3.05) is 19.6 Å². The van der Waals surface area contributed by atoms with Crippen LogP contribution in [0.2, 0.25) is 0 Å². The fourth-order valence-electron chi connectivity index (χ4n) is 3.88. The van der Waals surface area contributed by atoms with Crippen LogP contribution in [-0.2, 0) is 19.6 Å². The van der Waals surface area contributed by atoms with Gasteiger partial charge < -0.3 is 16.0 Å². The van der Waals surface area contributed by atoms with E-state index in [9.17, 15) is 4.79 Å². The third-order valence-electron chi connectivity index (χ3n) is 5.53. The average molecular weight is 578 g/mol. The third-order valence-corrected chi connectivity index (χ3v) is 5.53. The van der Waals surface area contributed by atoms with Crippen LogP contribution in [0.5, 0.6) is 0 Å². The zero-order chi connectivity index (χ0) is 23.7. The summed E-state index contributed by atoms with van der Waals surface area (Å²) in [6, 6.07) is 16.5. The topological polar surface area (TPSA) is 68.8 Å². The molecule has 0 atom stereocenters. The van der Waals surface area contributed by atoms with Gasteiger partial charge in [0.2, 0.25) is 0 Å². The fourth-order valence-corrected chi connectivity index (χ4v) is 3.88. The van der Waals surface area contributed by atoms with E-state index in [0.29, 0.717) is 18.7 Å². The molecule has 34 heavy (non-hydrogen) atoms. The molecule has 0 aliphatic carbocycles. The van der Waals surface area contributed by atoms with Crippen LogP contribution in [0, 0.1) is 0 Å². The number of amides is 1. The number of halogens is 1. The molecule has 0 radical (unpaired) electrons. The van der Waals surface area contributed by atoms with Gasteiger partial charge >= 0.3 is 0 Å². The second-order valence-corrected chi connectivity index (χ2v) is 9.75. The number of nitrogens with zero attached hydrogens (tertiary/aromatic N) is 2. The van der Waals surface area contributed by atoms with Crippen molar-refractivity contribution < 1.29 is 4.79 Å². The molecule has 0 unspecified atom stereocenters. The van der Waals surface area contributed by atoms with Gasteiger partial charge in [0.15, 0.2) is 5.96 Å². The highest BCUT2D eigenvalue weighted by molar-refractivity contribution is 14.0. The predicted molar refractivity (Wildman–Crippen MR) is 152 cm³/mol. The molecule has 186 valence electrons. The number of guanidine groups is 1. The summed E-state index contributed by atoms with van der Waals surface area (Å²) in [5, 5.41) is 9.73. The highest BCUT2D eigenvalue weighted by Gasteiger charge is 2.15. The first kappa shape index (κ1) is 28.1. The minimum Gasteiger partial charge on any atom is -0.357 e. The molecule has 0 bridgehead atoms. The molecule has 0 spiro atoms. The van der Waals surface area contributed by atoms with Gasteiger partial charge in [-0.3, -0.25) is 9.69 Å². The summed E-state index contributed by atoms with van der Waals surface area (Å²) in [6.07, 6.45) is 2.64. The minimum absolute atomic E-state index is 0. The van der Waals surface area contributed by atoms with E-state index in [-0.39, 0.29) is 35.4 Å². The molecule has 7 heteroatoms. The van der Waals surface area contributed by atoms with Gasteiger partial charge in [-0.2, -0.15) is 0 Å². The summed E-state index contributed by atoms with van der Waals surface area (Å²) in [4.78, 5) is 19.7. The molecule has 2 aromatic carbocycles. The predicted octanol–water partition coefficient (Wildman–Crippen LogP) is 4.68. The Morgan fingerprint density at radius 2 is 1.65 bits per heavy atom. The van der Waals surface area contributed by atoms with Crippen LogP contribution in [0.25, 0.3) is 0 Å². The molecular formula is C27H40IN5O. The van der Waals surface area contributed by atoms with E-state index in [2.05, 4.69) is 52.0 Å². The van der Waals surface area contributed by atoms with Gasteiger partial charge in [-0.1, -0.05) is 36.4 Å². The van der Waals surface area contributed by atoms with E-state index in [1.54, 1.807) is 0 Å². The van der Waals surface area contributed by atoms with Gasteiger partial charge in [0.25, 0.3) is 5.91 Å². The van der Waals surface area contributed by atoms with Crippen molar-refractivity contribution in [2.45, 2.75) is 65.7 Å². The summed E-state index contributed by atoms with van der Waals surface area (Å²) >= 11 is 0. The van der Waals surface area contributed by atoms with Crippen LogP contribution in [0.3, 0.4) is 0 Å². The van der Waals surface area contributed by atoms with E-state index < -0.39 is 0 Å². The number of hydrogen-bond donors (Lipinski definition) is 3. The van der Waals surface area contributed by atoms with Gasteiger partial charge in [0.1, 0.15) is 0 Å². The molecule has 1 fully saturated rings. The Hall–Kier alpha value is -2.13. The number of benzene rings is 2. The van der Waals surface area contributed by atoms with Crippen molar-refractivity contribution in [3.8, 4) is 0 Å². The lowest BCUT2D eigenvalue weighted by Gasteiger charge is -2.20. The lowest BCUT2D eigenvalue weighted by atomic mass is 10.1. The summed E-state index contributed by atoms with van der Waals surface area (Å²) in [6.45, 7) is 13.5. The van der Waals surface area contributed by atoms with Crippen molar-refractivity contribution in [3.63, 3.8) is 0 Å². The molecule has 1 aliphatic rings. The molecule has 2 aromatic rings. The number of carbonyl (C=O) groups excluding carboxylic acids is 1. The summed E-state index contributed by atoms with van der Waals surface area (Å²) in [5.41, 5.74) is 3.99. The summed E-state index contributed by atoms with van der Waals surface area (Å²) in [7, 11) is 0. The van der Waals surface area contributed by atoms with Crippen LogP contribution >= 0.6 is 24.0 Å². The largest absolute Gasteiger partial charge is 0.357 e. The first-order chi connectivity index (χ1) is 15.8. The van der Waals surface area contributed by atoms with E-state index in [4.69, 9.17) is 4.99 Å². The van der Waals surface area contributed by atoms with Gasteiger partial charge in [0, 0.05) is 30.7 Å². The molecule has 3 N–H and O–H groups in total. The maximum absolute atomic E-state index is 12.5. The number of nitrogens with one attached hydrogen (secondary N) is 3. The standard InChI is InChI=1S/C27H39N5O.HI/c1-5-28-26(29-18-21-11-13-22(14-12-21)20-32-15-6-7-16-32)30-19-23-9-8-10-24(17-23)25(33)31-27(2,3)4;/h8-14,17H,5-7,15-16,18-20H2,1-4H3,(H,31,33)(H2,28,29,30);1H. The van der Waals surface area contributed by atoms with Crippen LogP contribution in [0.4, 0.5) is 0 Å². The van der Waals surface area contributed by atoms with Crippen molar-refractivity contribution in [3.05, 3.63) is 70.8 Å². The van der Waals surface area contributed by atoms with E-state index in [1.165, 1.54) is 37.1 Å². The molecular weight excluding hydrogens is 537 g/mol. The molecule has 0 aromatic heterocycles. The molecule has 1 amide bonds. The number of rotatable bonds is 8. The van der Waals surface area contributed by atoms with Crippen LogP contribution in [-0.4, -0.2) is 41.9 Å². The Balaban J connectivity index is 0.00000408. The second kappa shape index (κ2) is 13.7. The molecule has 1 aliphatic heterocycles. The zero-order valence-corrected chi connectivity index (χ0v) is 23.3. The van der Waals surface area contributed by atoms with Crippen LogP contribution < -0.4 is 16.0 Å². The third kappa shape index (κ3) is 9.62. The Morgan fingerprint density at radius 1 is 0.971 bits per heavy atom. The normalized spacial score (nSPS) is 14.4. The lowest BCUT2D eigenvalue weighted by molar-refractivity contribution is 0.0919. The summed E-state index contributed by atoms with van der Waals surface area (Å²) in [5.74, 6) is 0.703. The van der Waals surface area contributed by atoms with E-state index >= 15 is 0 Å². The summed E-state index contributed by atoms with van der Waals surface area (Å²) < 4.78 is 0. The second-order valence-electron chi connectivity index (χ2n) is 9.75. The van der Waals surface area contributed by atoms with Gasteiger partial charge in [-0.15, -0.1) is 24.0 Å². The maximum Gasteiger partial charge on any atom is 0.251 e. The van der Waals surface area contributed by atoms with Crippen molar-refractivity contribution in [1.82, 2.24) is 20.9 Å². The fraction of sp³-hybridized carbons (Fsp3) is 0.481. The van der Waals surface area contributed by atoms with Crippen LogP contribution in [0.15, 0.2) is 53.5 Å². The van der Waals surface area contributed by atoms with Gasteiger partial charge in [-0.05, 0) is 82.4 Å². The smallest absolute Gasteiger partial charge is 0.251 e. The SMILES string of the molecule is CCNC(=NCc1cccc(C(=O)NC(C)(C)C)c1)NCc1ccc(CN2CCCC2)cc1.I. The molecule has 6 nitrogen and oxygen atoms in total. The van der Waals surface area contributed by atoms with Crippen molar-refractivity contribution in [2.24, 2.45) is 4.99 Å². The monoisotopic (exact) mass is 577 g/mol. The van der Waals surface area contributed by atoms with E-state index in [0.717, 1.165) is 24.6 Å². The Labute approximate surface area is 222 Å². The number of hydrogen-bond acceptors (Lipinski definition) is 3. The highest BCUT2D eigenvalue weighted by atomic mass is 127. The maximum atomic E-state index is 12.5. The molecule has 0 saturated carbocycles. The Morgan fingerprint density at radius 3 is 2.29 bits per heavy atom. The highest BCUT2D eigenvalue weighted by Crippen LogP contribution is 2.13. The Bertz CT molecular complexity index is 931. The van der Waals surface area contributed by atoms with Gasteiger partial charge in [0.05, 0.1) is 6.54 Å². The number of aliphatic imine (C=N–C) groups is 1. The zero-order valence-electron chi connectivity index (χ0n) is 21.0. The number of likely N-dealkylation sites (tertiary alicyclic amines) is 1. The minimum atomic E-state index is -0.264. The quantitative estimate of drug-likeness (QED) is 0.242. The molecule has 1 saturated heterocycles. The molecule has 3 rings (SSSR count). The number of carbonyl (C=O) groups is 1. The lowest BCUT2D eigenvalue weighted by Crippen LogP contribution is -2.40. The van der Waals surface area contributed by atoms with Crippen molar-refractivity contribution in [1.29, 1.82) is 0 Å². The van der Waals surface area contributed by atoms with Crippen LogP contribution in [0.1, 0.15) is 67.6 Å². The van der Waals surface area contributed by atoms with E-state index in [1.807, 2.05) is 45.0 Å². The molecule has 1 heterocycles. The average Bonchev–Trinajstić information content (AvgIpc) is 3.29.